The molecule has 1 N–H and O–H groups in total. The van der Waals surface area contributed by atoms with Gasteiger partial charge in [0, 0.05) is 24.2 Å². The zero-order valence-corrected chi connectivity index (χ0v) is 13.5. The minimum absolute atomic E-state index is 0.231. The van der Waals surface area contributed by atoms with Gasteiger partial charge in [0.2, 0.25) is 0 Å². The maximum atomic E-state index is 10.2. The van der Waals surface area contributed by atoms with Crippen molar-refractivity contribution >= 4 is 0 Å². The monoisotopic (exact) mass is 324 g/mol. The van der Waals surface area contributed by atoms with Gasteiger partial charge in [-0.25, -0.2) is 0 Å². The van der Waals surface area contributed by atoms with Gasteiger partial charge in [-0.1, -0.05) is 42.5 Å². The number of benzene rings is 2. The third-order valence-corrected chi connectivity index (χ3v) is 4.15. The van der Waals surface area contributed by atoms with Crippen LogP contribution in [0.3, 0.4) is 0 Å². The van der Waals surface area contributed by atoms with E-state index in [9.17, 15) is 5.11 Å². The van der Waals surface area contributed by atoms with E-state index in [0.29, 0.717) is 0 Å². The number of rotatable bonds is 3. The van der Waals surface area contributed by atoms with Crippen LogP contribution < -0.4 is 0 Å². The van der Waals surface area contributed by atoms with Crippen LogP contribution in [0.15, 0.2) is 91.4 Å². The van der Waals surface area contributed by atoms with E-state index in [1.807, 2.05) is 48.7 Å². The number of nitrogens with zero attached hydrogens (tertiary/aromatic N) is 2. The van der Waals surface area contributed by atoms with Crippen LogP contribution in [0.25, 0.3) is 33.5 Å². The van der Waals surface area contributed by atoms with Gasteiger partial charge in [-0.05, 0) is 52.6 Å². The third-order valence-electron chi connectivity index (χ3n) is 4.15. The molecule has 2 aromatic heterocycles. The largest absolute Gasteiger partial charge is 0.507 e. The van der Waals surface area contributed by atoms with E-state index >= 15 is 0 Å². The molecule has 4 aromatic rings. The Hall–Kier alpha value is -3.46. The second-order valence-corrected chi connectivity index (χ2v) is 5.77. The first-order valence-corrected chi connectivity index (χ1v) is 8.06. The van der Waals surface area contributed by atoms with E-state index in [0.717, 1.165) is 33.5 Å². The molecular formula is C22H16N2O. The van der Waals surface area contributed by atoms with Gasteiger partial charge in [-0.3, -0.25) is 9.97 Å². The molecule has 0 aliphatic carbocycles. The number of phenols is 1. The number of hydrogen-bond donors (Lipinski definition) is 1. The highest BCUT2D eigenvalue weighted by Gasteiger charge is 2.08. The van der Waals surface area contributed by atoms with Crippen LogP contribution in [0.4, 0.5) is 0 Å². The van der Waals surface area contributed by atoms with Crippen molar-refractivity contribution in [2.24, 2.45) is 0 Å². The summed E-state index contributed by atoms with van der Waals surface area (Å²) in [6, 6.07) is 23.6. The Morgan fingerprint density at radius 1 is 0.640 bits per heavy atom. The van der Waals surface area contributed by atoms with Gasteiger partial charge in [-0.15, -0.1) is 0 Å². The molecular weight excluding hydrogens is 308 g/mol. The standard InChI is InChI=1S/C22H16N2O/c25-22-11-10-18(14-20(22)21-5-1-2-13-24-21)16-6-8-17(9-7-16)19-4-3-12-23-15-19/h1-15,25H. The van der Waals surface area contributed by atoms with Gasteiger partial charge in [0.15, 0.2) is 0 Å². The third kappa shape index (κ3) is 3.12. The SMILES string of the molecule is Oc1ccc(-c2ccc(-c3cccnc3)cc2)cc1-c1ccccn1. The van der Waals surface area contributed by atoms with E-state index in [1.165, 1.54) is 0 Å². The Morgan fingerprint density at radius 2 is 1.40 bits per heavy atom. The van der Waals surface area contributed by atoms with Crippen LogP contribution in [-0.4, -0.2) is 15.1 Å². The first kappa shape index (κ1) is 15.1. The predicted octanol–water partition coefficient (Wildman–Crippen LogP) is 5.18. The molecule has 0 saturated carbocycles. The summed E-state index contributed by atoms with van der Waals surface area (Å²) >= 11 is 0. The molecule has 0 fully saturated rings. The van der Waals surface area contributed by atoms with Crippen LogP contribution in [0.1, 0.15) is 0 Å². The molecule has 3 heteroatoms. The zero-order chi connectivity index (χ0) is 17.1. The minimum atomic E-state index is 0.231. The molecule has 0 saturated heterocycles. The molecule has 0 amide bonds. The highest BCUT2D eigenvalue weighted by molar-refractivity contribution is 5.77. The molecule has 25 heavy (non-hydrogen) atoms. The maximum absolute atomic E-state index is 10.2. The number of aromatic nitrogens is 2. The molecule has 0 spiro atoms. The summed E-state index contributed by atoms with van der Waals surface area (Å²) in [6.45, 7) is 0. The van der Waals surface area contributed by atoms with Crippen LogP contribution in [0.5, 0.6) is 5.75 Å². The quantitative estimate of drug-likeness (QED) is 0.564. The molecule has 0 radical (unpaired) electrons. The average molecular weight is 324 g/mol. The number of hydrogen-bond acceptors (Lipinski definition) is 3. The molecule has 0 aliphatic heterocycles. The molecule has 0 aliphatic rings. The maximum Gasteiger partial charge on any atom is 0.125 e. The van der Waals surface area contributed by atoms with Crippen molar-refractivity contribution < 1.29 is 5.11 Å². The number of aromatic hydroxyl groups is 1. The lowest BCUT2D eigenvalue weighted by Gasteiger charge is -2.09. The van der Waals surface area contributed by atoms with Gasteiger partial charge in [0.05, 0.1) is 5.69 Å². The summed E-state index contributed by atoms with van der Waals surface area (Å²) in [6.07, 6.45) is 5.35. The lowest BCUT2D eigenvalue weighted by atomic mass is 9.98. The van der Waals surface area contributed by atoms with Gasteiger partial charge in [-0.2, -0.15) is 0 Å². The van der Waals surface area contributed by atoms with Crippen LogP contribution in [0, 0.1) is 0 Å². The molecule has 2 heterocycles. The van der Waals surface area contributed by atoms with Crippen molar-refractivity contribution in [1.82, 2.24) is 9.97 Å². The average Bonchev–Trinajstić information content (AvgIpc) is 2.70. The predicted molar refractivity (Wildman–Crippen MR) is 100 cm³/mol. The van der Waals surface area contributed by atoms with Crippen LogP contribution >= 0.6 is 0 Å². The van der Waals surface area contributed by atoms with E-state index in [4.69, 9.17) is 0 Å². The van der Waals surface area contributed by atoms with Crippen molar-refractivity contribution in [2.45, 2.75) is 0 Å². The molecule has 0 atom stereocenters. The van der Waals surface area contributed by atoms with Crippen molar-refractivity contribution in [3.63, 3.8) is 0 Å². The Labute approximate surface area is 146 Å². The Morgan fingerprint density at radius 3 is 2.08 bits per heavy atom. The van der Waals surface area contributed by atoms with E-state index in [2.05, 4.69) is 34.2 Å². The van der Waals surface area contributed by atoms with Crippen LogP contribution in [0.2, 0.25) is 0 Å². The molecule has 0 unspecified atom stereocenters. The first-order chi connectivity index (χ1) is 12.3. The second kappa shape index (κ2) is 6.57. The Kier molecular flexibility index (Phi) is 3.97. The molecule has 0 bridgehead atoms. The highest BCUT2D eigenvalue weighted by atomic mass is 16.3. The number of phenolic OH excluding ortho intramolecular Hbond substituents is 1. The van der Waals surface area contributed by atoms with Gasteiger partial charge < -0.3 is 5.11 Å². The Balaban J connectivity index is 1.71. The van der Waals surface area contributed by atoms with Crippen LogP contribution in [-0.2, 0) is 0 Å². The fourth-order valence-corrected chi connectivity index (χ4v) is 2.83. The number of pyridine rings is 2. The summed E-state index contributed by atoms with van der Waals surface area (Å²) in [7, 11) is 0. The summed E-state index contributed by atoms with van der Waals surface area (Å²) in [5, 5.41) is 10.2. The zero-order valence-electron chi connectivity index (χ0n) is 13.5. The molecule has 2 aromatic carbocycles. The molecule has 3 nitrogen and oxygen atoms in total. The lowest BCUT2D eigenvalue weighted by molar-refractivity contribution is 0.477. The molecule has 4 rings (SSSR count). The van der Waals surface area contributed by atoms with Gasteiger partial charge >= 0.3 is 0 Å². The summed E-state index contributed by atoms with van der Waals surface area (Å²) in [5.41, 5.74) is 5.83. The Bertz CT molecular complexity index is 981. The van der Waals surface area contributed by atoms with E-state index < -0.39 is 0 Å². The summed E-state index contributed by atoms with van der Waals surface area (Å²) in [4.78, 5) is 8.49. The van der Waals surface area contributed by atoms with Crippen molar-refractivity contribution in [1.29, 1.82) is 0 Å². The summed E-state index contributed by atoms with van der Waals surface area (Å²) in [5.74, 6) is 0.231. The van der Waals surface area contributed by atoms with Gasteiger partial charge in [0.1, 0.15) is 5.75 Å². The first-order valence-electron chi connectivity index (χ1n) is 8.06. The topological polar surface area (TPSA) is 46.0 Å². The second-order valence-electron chi connectivity index (χ2n) is 5.77. The van der Waals surface area contributed by atoms with Gasteiger partial charge in [0.25, 0.3) is 0 Å². The fourth-order valence-electron chi connectivity index (χ4n) is 2.83. The van der Waals surface area contributed by atoms with E-state index in [1.54, 1.807) is 18.5 Å². The van der Waals surface area contributed by atoms with Crippen molar-refractivity contribution in [3.05, 3.63) is 91.4 Å². The van der Waals surface area contributed by atoms with Crippen molar-refractivity contribution in [2.75, 3.05) is 0 Å². The minimum Gasteiger partial charge on any atom is -0.507 e. The smallest absolute Gasteiger partial charge is 0.125 e. The molecule has 120 valence electrons. The lowest BCUT2D eigenvalue weighted by Crippen LogP contribution is -1.86. The summed E-state index contributed by atoms with van der Waals surface area (Å²) < 4.78 is 0. The van der Waals surface area contributed by atoms with Crippen molar-refractivity contribution in [3.8, 4) is 39.3 Å². The highest BCUT2D eigenvalue weighted by Crippen LogP contribution is 2.33. The van der Waals surface area contributed by atoms with E-state index in [-0.39, 0.29) is 5.75 Å². The fraction of sp³-hybridized carbons (Fsp3) is 0. The normalized spacial score (nSPS) is 10.6.